The largest absolute Gasteiger partial charge is 0.333 e. The molecular formula is C13H9BrN4S2. The summed E-state index contributed by atoms with van der Waals surface area (Å²) in [5.74, 6) is 0.787. The zero-order valence-electron chi connectivity index (χ0n) is 10.2. The standard InChI is InChI=1S/C13H9BrN4S2/c14-11-10(17-13-18(11)5-6-19-13)7-20-12-15-8-3-1-2-4-9(8)16-12/h1-6H,7H2,(H,15,16). The average molecular weight is 365 g/mol. The number of aromatic amines is 1. The van der Waals surface area contributed by atoms with Crippen LogP contribution in [0.4, 0.5) is 0 Å². The Morgan fingerprint density at radius 2 is 2.20 bits per heavy atom. The Morgan fingerprint density at radius 1 is 1.30 bits per heavy atom. The summed E-state index contributed by atoms with van der Waals surface area (Å²) in [6.07, 6.45) is 2.02. The highest BCUT2D eigenvalue weighted by molar-refractivity contribution is 9.10. The molecule has 0 unspecified atom stereocenters. The first-order chi connectivity index (χ1) is 9.81. The number of thioether (sulfide) groups is 1. The Balaban J connectivity index is 1.60. The molecule has 20 heavy (non-hydrogen) atoms. The number of benzene rings is 1. The number of para-hydroxylation sites is 2. The van der Waals surface area contributed by atoms with Gasteiger partial charge in [-0.15, -0.1) is 11.3 Å². The summed E-state index contributed by atoms with van der Waals surface area (Å²) in [7, 11) is 0. The molecule has 0 aliphatic heterocycles. The molecule has 1 N–H and O–H groups in total. The Labute approximate surface area is 131 Å². The minimum absolute atomic E-state index is 0.787. The van der Waals surface area contributed by atoms with Gasteiger partial charge in [-0.2, -0.15) is 0 Å². The number of imidazole rings is 2. The molecule has 1 aromatic carbocycles. The van der Waals surface area contributed by atoms with Gasteiger partial charge < -0.3 is 4.98 Å². The lowest BCUT2D eigenvalue weighted by atomic mass is 10.3. The van der Waals surface area contributed by atoms with Crippen LogP contribution in [0.25, 0.3) is 16.0 Å². The highest BCUT2D eigenvalue weighted by atomic mass is 79.9. The van der Waals surface area contributed by atoms with E-state index >= 15 is 0 Å². The highest BCUT2D eigenvalue weighted by Gasteiger charge is 2.12. The van der Waals surface area contributed by atoms with Crippen molar-refractivity contribution in [2.75, 3.05) is 0 Å². The average Bonchev–Trinajstić information content (AvgIpc) is 3.13. The number of rotatable bonds is 3. The molecule has 0 saturated carbocycles. The van der Waals surface area contributed by atoms with Crippen LogP contribution < -0.4 is 0 Å². The van der Waals surface area contributed by atoms with Crippen LogP contribution in [0.15, 0.2) is 45.6 Å². The van der Waals surface area contributed by atoms with Gasteiger partial charge >= 0.3 is 0 Å². The van der Waals surface area contributed by atoms with E-state index in [1.54, 1.807) is 23.1 Å². The van der Waals surface area contributed by atoms with Crippen molar-refractivity contribution >= 4 is 55.0 Å². The first-order valence-electron chi connectivity index (χ1n) is 5.99. The van der Waals surface area contributed by atoms with Crippen molar-refractivity contribution in [3.63, 3.8) is 0 Å². The quantitative estimate of drug-likeness (QED) is 0.550. The summed E-state index contributed by atoms with van der Waals surface area (Å²) in [5.41, 5.74) is 3.11. The SMILES string of the molecule is Brc1c(CSc2nc3ccccc3[nH]2)nc2sccn12. The van der Waals surface area contributed by atoms with Crippen molar-refractivity contribution in [3.8, 4) is 0 Å². The summed E-state index contributed by atoms with van der Waals surface area (Å²) >= 11 is 6.90. The lowest BCUT2D eigenvalue weighted by Gasteiger charge is -1.95. The van der Waals surface area contributed by atoms with Gasteiger partial charge in [-0.1, -0.05) is 23.9 Å². The molecule has 3 aromatic heterocycles. The third-order valence-electron chi connectivity index (χ3n) is 2.98. The van der Waals surface area contributed by atoms with E-state index in [9.17, 15) is 0 Å². The molecule has 0 fully saturated rings. The topological polar surface area (TPSA) is 46.0 Å². The second kappa shape index (κ2) is 4.91. The Morgan fingerprint density at radius 3 is 3.05 bits per heavy atom. The van der Waals surface area contributed by atoms with Crippen molar-refractivity contribution in [1.29, 1.82) is 0 Å². The predicted molar refractivity (Wildman–Crippen MR) is 86.4 cm³/mol. The van der Waals surface area contributed by atoms with Gasteiger partial charge in [-0.25, -0.2) is 9.97 Å². The predicted octanol–water partition coefficient (Wildman–Crippen LogP) is 4.33. The van der Waals surface area contributed by atoms with Gasteiger partial charge in [0, 0.05) is 17.3 Å². The molecule has 0 amide bonds. The number of fused-ring (bicyclic) bond motifs is 2. The maximum absolute atomic E-state index is 4.61. The zero-order chi connectivity index (χ0) is 13.5. The van der Waals surface area contributed by atoms with Crippen molar-refractivity contribution < 1.29 is 0 Å². The summed E-state index contributed by atoms with van der Waals surface area (Å²) in [6.45, 7) is 0. The molecule has 3 heterocycles. The molecule has 7 heteroatoms. The van der Waals surface area contributed by atoms with E-state index in [2.05, 4.69) is 35.3 Å². The second-order valence-corrected chi connectivity index (χ2v) is 6.84. The fraction of sp³-hybridized carbons (Fsp3) is 0.0769. The summed E-state index contributed by atoms with van der Waals surface area (Å²) < 4.78 is 3.08. The van der Waals surface area contributed by atoms with Gasteiger partial charge in [0.15, 0.2) is 10.1 Å². The lowest BCUT2D eigenvalue weighted by Crippen LogP contribution is -1.84. The van der Waals surface area contributed by atoms with Gasteiger partial charge in [0.2, 0.25) is 0 Å². The molecule has 4 aromatic rings. The molecule has 0 aliphatic rings. The molecule has 0 aliphatic carbocycles. The van der Waals surface area contributed by atoms with Gasteiger partial charge in [0.05, 0.1) is 16.7 Å². The van der Waals surface area contributed by atoms with E-state index in [4.69, 9.17) is 0 Å². The number of halogens is 1. The van der Waals surface area contributed by atoms with Gasteiger partial charge in [-0.3, -0.25) is 4.40 Å². The molecular weight excluding hydrogens is 356 g/mol. The number of thiazole rings is 1. The number of nitrogens with zero attached hydrogens (tertiary/aromatic N) is 3. The number of hydrogen-bond acceptors (Lipinski definition) is 4. The van der Waals surface area contributed by atoms with E-state index in [0.717, 1.165) is 37.2 Å². The van der Waals surface area contributed by atoms with Crippen LogP contribution in [0.5, 0.6) is 0 Å². The Hall–Kier alpha value is -1.31. The minimum atomic E-state index is 0.787. The lowest BCUT2D eigenvalue weighted by molar-refractivity contribution is 1.07. The van der Waals surface area contributed by atoms with E-state index in [1.807, 2.05) is 35.8 Å². The maximum Gasteiger partial charge on any atom is 0.194 e. The molecule has 0 spiro atoms. The van der Waals surface area contributed by atoms with Gasteiger partial charge in [0.25, 0.3) is 0 Å². The summed E-state index contributed by atoms with van der Waals surface area (Å²) in [5, 5.41) is 2.96. The summed E-state index contributed by atoms with van der Waals surface area (Å²) in [6, 6.07) is 8.06. The molecule has 0 saturated heterocycles. The van der Waals surface area contributed by atoms with Crippen LogP contribution in [-0.4, -0.2) is 19.4 Å². The normalized spacial score (nSPS) is 11.7. The van der Waals surface area contributed by atoms with Crippen LogP contribution >= 0.6 is 39.0 Å². The van der Waals surface area contributed by atoms with E-state index < -0.39 is 0 Å². The fourth-order valence-electron chi connectivity index (χ4n) is 2.03. The van der Waals surface area contributed by atoms with Gasteiger partial charge in [0.1, 0.15) is 4.60 Å². The van der Waals surface area contributed by atoms with Crippen LogP contribution in [0.2, 0.25) is 0 Å². The highest BCUT2D eigenvalue weighted by Crippen LogP contribution is 2.28. The number of nitrogens with one attached hydrogen (secondary N) is 1. The van der Waals surface area contributed by atoms with Crippen LogP contribution in [-0.2, 0) is 5.75 Å². The minimum Gasteiger partial charge on any atom is -0.333 e. The van der Waals surface area contributed by atoms with E-state index in [0.29, 0.717) is 0 Å². The smallest absolute Gasteiger partial charge is 0.194 e. The maximum atomic E-state index is 4.61. The van der Waals surface area contributed by atoms with Crippen LogP contribution in [0, 0.1) is 0 Å². The molecule has 100 valence electrons. The van der Waals surface area contributed by atoms with Crippen LogP contribution in [0.1, 0.15) is 5.69 Å². The van der Waals surface area contributed by atoms with Crippen LogP contribution in [0.3, 0.4) is 0 Å². The number of hydrogen-bond donors (Lipinski definition) is 1. The molecule has 0 atom stereocenters. The molecule has 4 nitrogen and oxygen atoms in total. The van der Waals surface area contributed by atoms with Crippen molar-refractivity contribution in [3.05, 3.63) is 46.1 Å². The van der Waals surface area contributed by atoms with Crippen molar-refractivity contribution in [2.45, 2.75) is 10.9 Å². The molecule has 0 radical (unpaired) electrons. The number of H-pyrrole nitrogens is 1. The fourth-order valence-corrected chi connectivity index (χ4v) is 4.40. The third-order valence-corrected chi connectivity index (χ3v) is 5.46. The van der Waals surface area contributed by atoms with Crippen molar-refractivity contribution in [1.82, 2.24) is 19.4 Å². The first kappa shape index (κ1) is 12.4. The Bertz CT molecular complexity index is 859. The molecule has 4 rings (SSSR count). The van der Waals surface area contributed by atoms with Crippen molar-refractivity contribution in [2.24, 2.45) is 0 Å². The molecule has 0 bridgehead atoms. The monoisotopic (exact) mass is 364 g/mol. The van der Waals surface area contributed by atoms with E-state index in [1.165, 1.54) is 0 Å². The zero-order valence-corrected chi connectivity index (χ0v) is 13.4. The Kier molecular flexibility index (Phi) is 3.05. The van der Waals surface area contributed by atoms with Gasteiger partial charge in [-0.05, 0) is 28.1 Å². The summed E-state index contributed by atoms with van der Waals surface area (Å²) in [4.78, 5) is 13.5. The second-order valence-electron chi connectivity index (χ2n) is 4.25. The number of aromatic nitrogens is 4. The van der Waals surface area contributed by atoms with E-state index in [-0.39, 0.29) is 0 Å². The first-order valence-corrected chi connectivity index (χ1v) is 8.64. The third kappa shape index (κ3) is 2.06.